The van der Waals surface area contributed by atoms with Crippen LogP contribution in [0, 0.1) is 0 Å². The fourth-order valence-corrected chi connectivity index (χ4v) is 2.90. The van der Waals surface area contributed by atoms with Crippen molar-refractivity contribution in [2.75, 3.05) is 0 Å². The van der Waals surface area contributed by atoms with Crippen LogP contribution in [0.5, 0.6) is 0 Å². The maximum absolute atomic E-state index is 12.4. The number of carbonyl (C=O) groups is 1. The predicted octanol–water partition coefficient (Wildman–Crippen LogP) is 3.78. The van der Waals surface area contributed by atoms with E-state index in [0.29, 0.717) is 10.6 Å². The van der Waals surface area contributed by atoms with Crippen LogP contribution in [0.1, 0.15) is 28.6 Å². The number of benzene rings is 1. The lowest BCUT2D eigenvalue weighted by atomic mass is 10.1. The van der Waals surface area contributed by atoms with Gasteiger partial charge in [-0.1, -0.05) is 34.8 Å². The minimum absolute atomic E-state index is 0.179. The lowest BCUT2D eigenvalue weighted by molar-refractivity contribution is 0.0332. The van der Waals surface area contributed by atoms with Crippen LogP contribution in [0.25, 0.3) is 11.3 Å². The molecule has 24 heavy (non-hydrogen) atoms. The van der Waals surface area contributed by atoms with E-state index in [4.69, 9.17) is 4.74 Å². The molecule has 0 N–H and O–H groups in total. The number of hydrogen-bond donors (Lipinski definition) is 0. The normalized spacial score (nSPS) is 11.9. The second kappa shape index (κ2) is 7.79. The van der Waals surface area contributed by atoms with Crippen molar-refractivity contribution in [1.82, 2.24) is 14.6 Å². The van der Waals surface area contributed by atoms with E-state index in [1.807, 2.05) is 31.2 Å². The third-order valence-corrected chi connectivity index (χ3v) is 4.30. The molecule has 0 saturated heterocycles. The number of aryl methyl sites for hydroxylation is 1. The molecule has 3 aromatic rings. The first-order chi connectivity index (χ1) is 11.7. The highest BCUT2D eigenvalue weighted by molar-refractivity contribution is 7.08. The highest BCUT2D eigenvalue weighted by Gasteiger charge is 2.21. The number of esters is 1. The van der Waals surface area contributed by atoms with Gasteiger partial charge in [0.1, 0.15) is 5.69 Å². The Hall–Kier alpha value is -2.60. The number of aromatic nitrogens is 3. The molecule has 1 aromatic carbocycles. The van der Waals surface area contributed by atoms with Crippen molar-refractivity contribution in [3.63, 3.8) is 0 Å². The summed E-state index contributed by atoms with van der Waals surface area (Å²) in [5.74, 6) is -0.385. The van der Waals surface area contributed by atoms with Crippen molar-refractivity contribution < 1.29 is 9.53 Å². The number of ether oxygens (including phenoxy) is 1. The van der Waals surface area contributed by atoms with Gasteiger partial charge in [0.25, 0.3) is 0 Å². The maximum Gasteiger partial charge on any atom is 0.352 e. The second-order valence-electron chi connectivity index (χ2n) is 5.43. The largest absolute Gasteiger partial charge is 0.458 e. The van der Waals surface area contributed by atoms with Crippen molar-refractivity contribution >= 4 is 17.5 Å². The Morgan fingerprint density at radius 3 is 2.79 bits per heavy atom. The van der Waals surface area contributed by atoms with Gasteiger partial charge in [0.05, 0.1) is 6.10 Å². The summed E-state index contributed by atoms with van der Waals surface area (Å²) in [6.45, 7) is 1.90. The molecule has 0 aliphatic rings. The molecule has 5 nitrogen and oxygen atoms in total. The van der Waals surface area contributed by atoms with E-state index >= 15 is 0 Å². The van der Waals surface area contributed by atoms with Crippen LogP contribution < -0.4 is 0 Å². The summed E-state index contributed by atoms with van der Waals surface area (Å²) in [4.78, 5) is 16.9. The van der Waals surface area contributed by atoms with Crippen molar-refractivity contribution in [3.05, 3.63) is 65.3 Å². The van der Waals surface area contributed by atoms with Crippen LogP contribution in [-0.2, 0) is 11.2 Å². The third-order valence-electron chi connectivity index (χ3n) is 3.60. The third kappa shape index (κ3) is 4.02. The standard InChI is InChI=1S/C18H17N3O2S/c1-13(9-10-14-6-3-2-4-7-14)23-18(22)17-16(20-21-24-17)15-8-5-11-19-12-15/h2-8,11-13H,9-10H2,1H3. The molecule has 1 unspecified atom stereocenters. The van der Waals surface area contributed by atoms with Gasteiger partial charge < -0.3 is 4.74 Å². The van der Waals surface area contributed by atoms with Crippen molar-refractivity contribution in [2.45, 2.75) is 25.9 Å². The molecule has 0 saturated carbocycles. The molecular formula is C18H17N3O2S. The monoisotopic (exact) mass is 339 g/mol. The molecule has 0 fully saturated rings. The van der Waals surface area contributed by atoms with E-state index < -0.39 is 0 Å². The first-order valence-corrected chi connectivity index (χ1v) is 8.49. The lowest BCUT2D eigenvalue weighted by Crippen LogP contribution is -2.15. The van der Waals surface area contributed by atoms with Gasteiger partial charge in [-0.2, -0.15) is 0 Å². The fourth-order valence-electron chi connectivity index (χ4n) is 2.33. The lowest BCUT2D eigenvalue weighted by Gasteiger charge is -2.12. The van der Waals surface area contributed by atoms with E-state index in [1.54, 1.807) is 18.5 Å². The molecule has 0 aliphatic carbocycles. The van der Waals surface area contributed by atoms with E-state index in [2.05, 4.69) is 26.7 Å². The van der Waals surface area contributed by atoms with Gasteiger partial charge in [0.15, 0.2) is 4.88 Å². The smallest absolute Gasteiger partial charge is 0.352 e. The molecule has 122 valence electrons. The Balaban J connectivity index is 1.62. The average molecular weight is 339 g/mol. The summed E-state index contributed by atoms with van der Waals surface area (Å²) in [5, 5.41) is 4.04. The fraction of sp³-hybridized carbons (Fsp3) is 0.222. The van der Waals surface area contributed by atoms with Gasteiger partial charge in [0.2, 0.25) is 0 Å². The molecule has 0 spiro atoms. The van der Waals surface area contributed by atoms with Crippen LogP contribution in [0.2, 0.25) is 0 Å². The Labute approximate surface area is 144 Å². The zero-order valence-corrected chi connectivity index (χ0v) is 14.1. The molecule has 0 bridgehead atoms. The van der Waals surface area contributed by atoms with Gasteiger partial charge in [-0.05, 0) is 49.0 Å². The van der Waals surface area contributed by atoms with Crippen LogP contribution in [0.3, 0.4) is 0 Å². The summed E-state index contributed by atoms with van der Waals surface area (Å²) in [5.41, 5.74) is 2.51. The van der Waals surface area contributed by atoms with Gasteiger partial charge in [-0.15, -0.1) is 5.10 Å². The zero-order valence-electron chi connectivity index (χ0n) is 13.3. The van der Waals surface area contributed by atoms with Crippen molar-refractivity contribution in [2.24, 2.45) is 0 Å². The summed E-state index contributed by atoms with van der Waals surface area (Å²) < 4.78 is 9.43. The molecule has 0 radical (unpaired) electrons. The minimum atomic E-state index is -0.385. The van der Waals surface area contributed by atoms with Crippen LogP contribution in [0.4, 0.5) is 0 Å². The molecule has 0 aliphatic heterocycles. The molecule has 0 amide bonds. The number of rotatable bonds is 6. The van der Waals surface area contributed by atoms with Crippen LogP contribution >= 0.6 is 11.5 Å². The first-order valence-electron chi connectivity index (χ1n) is 7.71. The number of pyridine rings is 1. The van der Waals surface area contributed by atoms with Gasteiger partial charge in [-0.3, -0.25) is 4.98 Å². The predicted molar refractivity (Wildman–Crippen MR) is 92.8 cm³/mol. The molecule has 1 atom stereocenters. The quantitative estimate of drug-likeness (QED) is 0.640. The molecule has 3 rings (SSSR count). The molecular weight excluding hydrogens is 322 g/mol. The Morgan fingerprint density at radius 1 is 1.21 bits per heavy atom. The maximum atomic E-state index is 12.4. The van der Waals surface area contributed by atoms with Gasteiger partial charge in [-0.25, -0.2) is 4.79 Å². The highest BCUT2D eigenvalue weighted by atomic mass is 32.1. The average Bonchev–Trinajstić information content (AvgIpc) is 3.11. The van der Waals surface area contributed by atoms with Crippen molar-refractivity contribution in [1.29, 1.82) is 0 Å². The first kappa shape index (κ1) is 16.3. The summed E-state index contributed by atoms with van der Waals surface area (Å²) in [6, 6.07) is 13.8. The zero-order chi connectivity index (χ0) is 16.8. The van der Waals surface area contributed by atoms with E-state index in [-0.39, 0.29) is 12.1 Å². The summed E-state index contributed by atoms with van der Waals surface area (Å²) >= 11 is 1.05. The molecule has 6 heteroatoms. The molecule has 2 aromatic heterocycles. The number of hydrogen-bond acceptors (Lipinski definition) is 6. The second-order valence-corrected chi connectivity index (χ2v) is 6.19. The van der Waals surface area contributed by atoms with Crippen LogP contribution in [0.15, 0.2) is 54.9 Å². The molecule has 2 heterocycles. The van der Waals surface area contributed by atoms with E-state index in [1.165, 1.54) is 5.56 Å². The summed E-state index contributed by atoms with van der Waals surface area (Å²) in [7, 11) is 0. The number of carbonyl (C=O) groups excluding carboxylic acids is 1. The van der Waals surface area contributed by atoms with Gasteiger partial charge >= 0.3 is 5.97 Å². The minimum Gasteiger partial charge on any atom is -0.458 e. The van der Waals surface area contributed by atoms with E-state index in [9.17, 15) is 4.79 Å². The Kier molecular flexibility index (Phi) is 5.28. The number of nitrogens with zero attached hydrogens (tertiary/aromatic N) is 3. The van der Waals surface area contributed by atoms with Crippen molar-refractivity contribution in [3.8, 4) is 11.3 Å². The SMILES string of the molecule is CC(CCc1ccccc1)OC(=O)c1snnc1-c1cccnc1. The Bertz CT molecular complexity index is 790. The van der Waals surface area contributed by atoms with E-state index in [0.717, 1.165) is 29.9 Å². The topological polar surface area (TPSA) is 65.0 Å². The Morgan fingerprint density at radius 2 is 2.04 bits per heavy atom. The van der Waals surface area contributed by atoms with Gasteiger partial charge in [0, 0.05) is 18.0 Å². The summed E-state index contributed by atoms with van der Waals surface area (Å²) in [6.07, 6.45) is 4.79. The highest BCUT2D eigenvalue weighted by Crippen LogP contribution is 2.24. The van der Waals surface area contributed by atoms with Crippen LogP contribution in [-0.4, -0.2) is 26.6 Å².